The number of nitro benzene ring substituents is 2. The molecule has 3 rings (SSSR count). The number of aliphatic imine (C=N–C) groups is 1. The summed E-state index contributed by atoms with van der Waals surface area (Å²) >= 11 is 0. The maximum Gasteiger partial charge on any atom is 0.269 e. The zero-order chi connectivity index (χ0) is 20.1. The lowest BCUT2D eigenvalue weighted by molar-refractivity contribution is -0.385. The SMILES string of the molecule is NC1=NC(Cc2ccc([N+](=O)[O-])cc2)C(C=Cc2ccc([N+](=O)[O-])cc2)=NN1. The minimum absolute atomic E-state index is 0.0160. The van der Waals surface area contributed by atoms with Crippen molar-refractivity contribution in [3.63, 3.8) is 0 Å². The Labute approximate surface area is 159 Å². The Bertz CT molecular complexity index is 980. The van der Waals surface area contributed by atoms with Crippen LogP contribution >= 0.6 is 0 Å². The highest BCUT2D eigenvalue weighted by Crippen LogP contribution is 2.17. The van der Waals surface area contributed by atoms with Crippen molar-refractivity contribution < 1.29 is 9.85 Å². The van der Waals surface area contributed by atoms with Crippen molar-refractivity contribution in [2.75, 3.05) is 0 Å². The van der Waals surface area contributed by atoms with Crippen LogP contribution in [0.5, 0.6) is 0 Å². The first-order chi connectivity index (χ1) is 13.4. The van der Waals surface area contributed by atoms with Crippen LogP contribution in [0.3, 0.4) is 0 Å². The summed E-state index contributed by atoms with van der Waals surface area (Å²) < 4.78 is 0. The van der Waals surface area contributed by atoms with E-state index in [-0.39, 0.29) is 23.4 Å². The molecule has 0 amide bonds. The predicted molar refractivity (Wildman–Crippen MR) is 105 cm³/mol. The summed E-state index contributed by atoms with van der Waals surface area (Å²) in [6.07, 6.45) is 3.98. The summed E-state index contributed by atoms with van der Waals surface area (Å²) in [6, 6.07) is 12.0. The molecule has 0 fully saturated rings. The quantitative estimate of drug-likeness (QED) is 0.580. The van der Waals surface area contributed by atoms with Crippen LogP contribution < -0.4 is 11.2 Å². The van der Waals surface area contributed by atoms with Gasteiger partial charge in [-0.3, -0.25) is 20.2 Å². The number of non-ortho nitro benzene ring substituents is 2. The average Bonchev–Trinajstić information content (AvgIpc) is 2.68. The van der Waals surface area contributed by atoms with Gasteiger partial charge in [0.1, 0.15) is 6.04 Å². The fourth-order valence-electron chi connectivity index (χ4n) is 2.62. The second-order valence-corrected chi connectivity index (χ2v) is 5.99. The van der Waals surface area contributed by atoms with Crippen molar-refractivity contribution in [2.45, 2.75) is 12.5 Å². The lowest BCUT2D eigenvalue weighted by Gasteiger charge is -2.18. The van der Waals surface area contributed by atoms with Gasteiger partial charge in [-0.1, -0.05) is 18.2 Å². The van der Waals surface area contributed by atoms with Gasteiger partial charge in [-0.05, 0) is 29.3 Å². The van der Waals surface area contributed by atoms with Gasteiger partial charge in [0.15, 0.2) is 0 Å². The molecule has 2 aromatic carbocycles. The summed E-state index contributed by atoms with van der Waals surface area (Å²) in [5, 5.41) is 25.7. The molecular formula is C18H16N6O4. The summed E-state index contributed by atoms with van der Waals surface area (Å²) in [5.74, 6) is 0.180. The Kier molecular flexibility index (Phi) is 5.40. The number of guanidine groups is 1. The molecule has 1 atom stereocenters. The van der Waals surface area contributed by atoms with Crippen LogP contribution in [0.15, 0.2) is 64.7 Å². The smallest absolute Gasteiger partial charge is 0.269 e. The minimum Gasteiger partial charge on any atom is -0.369 e. The van der Waals surface area contributed by atoms with E-state index in [1.807, 2.05) is 0 Å². The highest BCUT2D eigenvalue weighted by Gasteiger charge is 2.19. The molecule has 1 aliphatic heterocycles. The van der Waals surface area contributed by atoms with Gasteiger partial charge in [-0.15, -0.1) is 0 Å². The maximum atomic E-state index is 10.8. The molecule has 1 heterocycles. The van der Waals surface area contributed by atoms with Gasteiger partial charge in [0.2, 0.25) is 5.96 Å². The Hall–Kier alpha value is -4.08. The third-order valence-corrected chi connectivity index (χ3v) is 4.06. The van der Waals surface area contributed by atoms with E-state index in [1.165, 1.54) is 24.3 Å². The number of nitrogens with zero attached hydrogens (tertiary/aromatic N) is 4. The largest absolute Gasteiger partial charge is 0.369 e. The van der Waals surface area contributed by atoms with Crippen molar-refractivity contribution in [3.05, 3.63) is 86.0 Å². The molecule has 0 aromatic heterocycles. The number of nitrogens with one attached hydrogen (secondary N) is 1. The second kappa shape index (κ2) is 8.08. The zero-order valence-corrected chi connectivity index (χ0v) is 14.6. The first-order valence-corrected chi connectivity index (χ1v) is 8.25. The average molecular weight is 380 g/mol. The van der Waals surface area contributed by atoms with E-state index in [1.54, 1.807) is 36.4 Å². The first kappa shape index (κ1) is 18.7. The van der Waals surface area contributed by atoms with E-state index in [2.05, 4.69) is 15.5 Å². The Morgan fingerprint density at radius 3 is 2.11 bits per heavy atom. The number of hydrazone groups is 1. The van der Waals surface area contributed by atoms with Crippen LogP contribution in [0, 0.1) is 20.2 Å². The van der Waals surface area contributed by atoms with Gasteiger partial charge < -0.3 is 5.73 Å². The molecule has 0 aliphatic carbocycles. The van der Waals surface area contributed by atoms with Crippen molar-refractivity contribution in [2.24, 2.45) is 15.8 Å². The molecule has 0 bridgehead atoms. The van der Waals surface area contributed by atoms with E-state index in [0.717, 1.165) is 11.1 Å². The molecule has 0 spiro atoms. The molecule has 10 heteroatoms. The molecule has 1 aliphatic rings. The Morgan fingerprint density at radius 1 is 0.964 bits per heavy atom. The van der Waals surface area contributed by atoms with Crippen LogP contribution in [-0.2, 0) is 6.42 Å². The zero-order valence-electron chi connectivity index (χ0n) is 14.6. The number of benzene rings is 2. The fraction of sp³-hybridized carbons (Fsp3) is 0.111. The van der Waals surface area contributed by atoms with E-state index in [4.69, 9.17) is 5.73 Å². The fourth-order valence-corrected chi connectivity index (χ4v) is 2.62. The molecule has 10 nitrogen and oxygen atoms in total. The summed E-state index contributed by atoms with van der Waals surface area (Å²) in [5.41, 5.74) is 10.6. The van der Waals surface area contributed by atoms with Crippen LogP contribution in [0.4, 0.5) is 11.4 Å². The van der Waals surface area contributed by atoms with Crippen LogP contribution in [0.25, 0.3) is 6.08 Å². The lowest BCUT2D eigenvalue weighted by Crippen LogP contribution is -2.38. The third kappa shape index (κ3) is 4.55. The summed E-state index contributed by atoms with van der Waals surface area (Å²) in [4.78, 5) is 24.9. The monoisotopic (exact) mass is 380 g/mol. The van der Waals surface area contributed by atoms with Gasteiger partial charge in [0.05, 0.1) is 15.6 Å². The minimum atomic E-state index is -0.458. The van der Waals surface area contributed by atoms with Gasteiger partial charge >= 0.3 is 0 Å². The van der Waals surface area contributed by atoms with E-state index < -0.39 is 9.85 Å². The second-order valence-electron chi connectivity index (χ2n) is 5.99. The van der Waals surface area contributed by atoms with Crippen LogP contribution in [0.2, 0.25) is 0 Å². The summed E-state index contributed by atoms with van der Waals surface area (Å²) in [6.45, 7) is 0. The summed E-state index contributed by atoms with van der Waals surface area (Å²) in [7, 11) is 0. The molecule has 0 saturated heterocycles. The molecule has 2 aromatic rings. The van der Waals surface area contributed by atoms with Gasteiger partial charge in [0.25, 0.3) is 11.4 Å². The Morgan fingerprint density at radius 2 is 1.54 bits per heavy atom. The van der Waals surface area contributed by atoms with Gasteiger partial charge in [-0.2, -0.15) is 5.10 Å². The topological polar surface area (TPSA) is 149 Å². The van der Waals surface area contributed by atoms with Gasteiger partial charge in [-0.25, -0.2) is 10.4 Å². The lowest BCUT2D eigenvalue weighted by atomic mass is 10.0. The molecule has 3 N–H and O–H groups in total. The molecule has 0 radical (unpaired) electrons. The predicted octanol–water partition coefficient (Wildman–Crippen LogP) is 2.40. The van der Waals surface area contributed by atoms with E-state index >= 15 is 0 Å². The van der Waals surface area contributed by atoms with E-state index in [0.29, 0.717) is 12.1 Å². The number of hydrogen-bond acceptors (Lipinski definition) is 8. The van der Waals surface area contributed by atoms with Crippen molar-refractivity contribution in [1.82, 2.24) is 5.43 Å². The third-order valence-electron chi connectivity index (χ3n) is 4.06. The standard InChI is InChI=1S/C18H16N6O4/c19-18-20-17(11-13-3-8-15(9-4-13)24(27)28)16(21-22-18)10-5-12-1-6-14(7-2-12)23(25)26/h1-10,17H,11H2,(H3,19,20,22). The maximum absolute atomic E-state index is 10.8. The van der Waals surface area contributed by atoms with Gasteiger partial charge in [0, 0.05) is 30.7 Å². The van der Waals surface area contributed by atoms with E-state index in [9.17, 15) is 20.2 Å². The Balaban J connectivity index is 1.75. The number of nitrogens with two attached hydrogens (primary N) is 1. The molecular weight excluding hydrogens is 364 g/mol. The molecule has 142 valence electrons. The van der Waals surface area contributed by atoms with Crippen LogP contribution in [-0.4, -0.2) is 27.6 Å². The number of rotatable bonds is 6. The normalized spacial score (nSPS) is 16.2. The molecule has 0 saturated carbocycles. The number of nitro groups is 2. The van der Waals surface area contributed by atoms with Crippen molar-refractivity contribution >= 4 is 29.1 Å². The highest BCUT2D eigenvalue weighted by molar-refractivity contribution is 6.05. The first-order valence-electron chi connectivity index (χ1n) is 8.25. The highest BCUT2D eigenvalue weighted by atomic mass is 16.6. The molecule has 1 unspecified atom stereocenters. The molecule has 28 heavy (non-hydrogen) atoms. The van der Waals surface area contributed by atoms with Crippen LogP contribution in [0.1, 0.15) is 11.1 Å². The van der Waals surface area contributed by atoms with Crippen molar-refractivity contribution in [3.8, 4) is 0 Å². The number of hydrogen-bond donors (Lipinski definition) is 2. The van der Waals surface area contributed by atoms with Crippen molar-refractivity contribution in [1.29, 1.82) is 0 Å².